The van der Waals surface area contributed by atoms with Crippen LogP contribution in [0.3, 0.4) is 0 Å². The number of hydrogen-bond acceptors (Lipinski definition) is 2. The van der Waals surface area contributed by atoms with Crippen molar-refractivity contribution in [3.05, 3.63) is 6.92 Å². The molecule has 0 aliphatic carbocycles. The van der Waals surface area contributed by atoms with Crippen LogP contribution >= 0.6 is 0 Å². The Kier molecular flexibility index (Phi) is 4.26. The minimum absolute atomic E-state index is 0.0770. The van der Waals surface area contributed by atoms with Gasteiger partial charge < -0.3 is 0 Å². The van der Waals surface area contributed by atoms with Crippen molar-refractivity contribution in [2.75, 3.05) is 6.54 Å². The largest absolute Gasteiger partial charge is 0.292 e. The molecule has 0 fully saturated rings. The van der Waals surface area contributed by atoms with Crippen molar-refractivity contribution >= 4 is 5.91 Å². The summed E-state index contributed by atoms with van der Waals surface area (Å²) in [7, 11) is 0. The molecule has 0 aromatic heterocycles. The SMILES string of the molecule is [CH2]CC(=O)NNCC. The summed E-state index contributed by atoms with van der Waals surface area (Å²) in [6.07, 6.45) is 0.285. The Bertz CT molecular complexity index is 72.8. The van der Waals surface area contributed by atoms with Crippen LogP contribution in [0.1, 0.15) is 13.3 Å². The molecule has 0 aliphatic heterocycles. The van der Waals surface area contributed by atoms with Gasteiger partial charge in [0.15, 0.2) is 0 Å². The second-order valence-corrected chi connectivity index (χ2v) is 1.33. The number of carbonyl (C=O) groups is 1. The maximum Gasteiger partial charge on any atom is 0.234 e. The second-order valence-electron chi connectivity index (χ2n) is 1.33. The molecule has 0 unspecified atom stereocenters. The van der Waals surface area contributed by atoms with Crippen molar-refractivity contribution in [2.24, 2.45) is 0 Å². The van der Waals surface area contributed by atoms with Gasteiger partial charge in [-0.15, -0.1) is 0 Å². The smallest absolute Gasteiger partial charge is 0.234 e. The van der Waals surface area contributed by atoms with E-state index in [0.29, 0.717) is 0 Å². The molecule has 8 heavy (non-hydrogen) atoms. The van der Waals surface area contributed by atoms with Crippen LogP contribution in [0.15, 0.2) is 0 Å². The van der Waals surface area contributed by atoms with Gasteiger partial charge in [0.05, 0.1) is 0 Å². The molecule has 2 N–H and O–H groups in total. The van der Waals surface area contributed by atoms with Crippen LogP contribution in [-0.2, 0) is 4.79 Å². The summed E-state index contributed by atoms with van der Waals surface area (Å²) in [6.45, 7) is 6.03. The normalized spacial score (nSPS) is 8.75. The standard InChI is InChI=1S/C5H11N2O/c1-3-5(8)7-6-4-2/h6H,1,3-4H2,2H3,(H,7,8). The van der Waals surface area contributed by atoms with Crippen molar-refractivity contribution in [1.82, 2.24) is 10.9 Å². The van der Waals surface area contributed by atoms with E-state index in [1.165, 1.54) is 0 Å². The van der Waals surface area contributed by atoms with Crippen molar-refractivity contribution in [2.45, 2.75) is 13.3 Å². The molecule has 0 rings (SSSR count). The van der Waals surface area contributed by atoms with Crippen LogP contribution in [0.25, 0.3) is 0 Å². The maximum absolute atomic E-state index is 10.3. The summed E-state index contributed by atoms with van der Waals surface area (Å²) < 4.78 is 0. The molecule has 0 aromatic carbocycles. The highest BCUT2D eigenvalue weighted by Gasteiger charge is 1.89. The Labute approximate surface area is 49.4 Å². The van der Waals surface area contributed by atoms with Crippen molar-refractivity contribution in [3.8, 4) is 0 Å². The Balaban J connectivity index is 2.99. The van der Waals surface area contributed by atoms with Gasteiger partial charge in [0.1, 0.15) is 0 Å². The number of hydrazine groups is 1. The van der Waals surface area contributed by atoms with Crippen LogP contribution < -0.4 is 10.9 Å². The van der Waals surface area contributed by atoms with Gasteiger partial charge in [-0.2, -0.15) is 0 Å². The summed E-state index contributed by atoms with van der Waals surface area (Å²) >= 11 is 0. The first-order valence-electron chi connectivity index (χ1n) is 2.62. The quantitative estimate of drug-likeness (QED) is 0.502. The fourth-order valence-corrected chi connectivity index (χ4v) is 0.249. The number of carbonyl (C=O) groups excluding carboxylic acids is 1. The molecule has 0 aromatic rings. The van der Waals surface area contributed by atoms with Crippen molar-refractivity contribution in [1.29, 1.82) is 0 Å². The van der Waals surface area contributed by atoms with E-state index in [1.807, 2.05) is 6.92 Å². The van der Waals surface area contributed by atoms with Gasteiger partial charge in [0.2, 0.25) is 5.91 Å². The van der Waals surface area contributed by atoms with Gasteiger partial charge in [0.25, 0.3) is 0 Å². The molecule has 3 heteroatoms. The maximum atomic E-state index is 10.3. The molecule has 0 bridgehead atoms. The molecule has 0 spiro atoms. The van der Waals surface area contributed by atoms with E-state index >= 15 is 0 Å². The van der Waals surface area contributed by atoms with Crippen LogP contribution in [-0.4, -0.2) is 12.5 Å². The zero-order chi connectivity index (χ0) is 6.41. The zero-order valence-corrected chi connectivity index (χ0v) is 5.03. The molecule has 3 nitrogen and oxygen atoms in total. The third-order valence-electron chi connectivity index (χ3n) is 0.632. The van der Waals surface area contributed by atoms with Gasteiger partial charge in [-0.25, -0.2) is 5.43 Å². The van der Waals surface area contributed by atoms with E-state index in [9.17, 15) is 4.79 Å². The van der Waals surface area contributed by atoms with E-state index in [0.717, 1.165) is 6.54 Å². The first-order chi connectivity index (χ1) is 3.81. The Morgan fingerprint density at radius 1 is 1.75 bits per heavy atom. The monoisotopic (exact) mass is 115 g/mol. The molecule has 1 radical (unpaired) electrons. The molecule has 0 atom stereocenters. The molecule has 1 amide bonds. The summed E-state index contributed by atoms with van der Waals surface area (Å²) in [4.78, 5) is 10.3. The molecular weight excluding hydrogens is 104 g/mol. The van der Waals surface area contributed by atoms with Crippen LogP contribution in [0.2, 0.25) is 0 Å². The summed E-state index contributed by atoms with van der Waals surface area (Å²) in [5.41, 5.74) is 5.09. The number of hydrogen-bond donors (Lipinski definition) is 2. The lowest BCUT2D eigenvalue weighted by Crippen LogP contribution is -2.36. The van der Waals surface area contributed by atoms with E-state index in [4.69, 9.17) is 0 Å². The molecule has 0 aliphatic rings. The third-order valence-corrected chi connectivity index (χ3v) is 0.632. The molecule has 0 heterocycles. The lowest BCUT2D eigenvalue weighted by Gasteiger charge is -1.99. The fourth-order valence-electron chi connectivity index (χ4n) is 0.249. The minimum Gasteiger partial charge on any atom is -0.292 e. The van der Waals surface area contributed by atoms with Gasteiger partial charge in [-0.1, -0.05) is 6.92 Å². The average Bonchev–Trinajstić information content (AvgIpc) is 1.83. The average molecular weight is 115 g/mol. The van der Waals surface area contributed by atoms with Gasteiger partial charge in [0, 0.05) is 13.0 Å². The van der Waals surface area contributed by atoms with Gasteiger partial charge >= 0.3 is 0 Å². The predicted octanol–water partition coefficient (Wildman–Crippen LogP) is -0.149. The lowest BCUT2D eigenvalue weighted by atomic mass is 10.5. The van der Waals surface area contributed by atoms with E-state index < -0.39 is 0 Å². The number of nitrogens with one attached hydrogen (secondary N) is 2. The first kappa shape index (κ1) is 7.43. The zero-order valence-electron chi connectivity index (χ0n) is 5.03. The van der Waals surface area contributed by atoms with Crippen LogP contribution in [0, 0.1) is 6.92 Å². The third kappa shape index (κ3) is 3.61. The van der Waals surface area contributed by atoms with Crippen molar-refractivity contribution < 1.29 is 4.79 Å². The summed E-state index contributed by atoms with van der Waals surface area (Å²) in [6, 6.07) is 0. The molecule has 47 valence electrons. The van der Waals surface area contributed by atoms with Crippen LogP contribution in [0.5, 0.6) is 0 Å². The summed E-state index contributed by atoms with van der Waals surface area (Å²) in [5, 5.41) is 0. The molecule has 0 saturated carbocycles. The van der Waals surface area contributed by atoms with Gasteiger partial charge in [-0.05, 0) is 6.92 Å². The Morgan fingerprint density at radius 3 is 2.75 bits per heavy atom. The minimum atomic E-state index is -0.0770. The van der Waals surface area contributed by atoms with Crippen LogP contribution in [0.4, 0.5) is 0 Å². The second kappa shape index (κ2) is 4.59. The predicted molar refractivity (Wildman–Crippen MR) is 31.8 cm³/mol. The number of amides is 1. The Morgan fingerprint density at radius 2 is 2.38 bits per heavy atom. The fraction of sp³-hybridized carbons (Fsp3) is 0.600. The van der Waals surface area contributed by atoms with Gasteiger partial charge in [-0.3, -0.25) is 10.2 Å². The Hall–Kier alpha value is -0.570. The van der Waals surface area contributed by atoms with E-state index in [1.54, 1.807) is 0 Å². The van der Waals surface area contributed by atoms with Crippen molar-refractivity contribution in [3.63, 3.8) is 0 Å². The summed E-state index contributed by atoms with van der Waals surface area (Å²) in [5.74, 6) is -0.0770. The lowest BCUT2D eigenvalue weighted by molar-refractivity contribution is -0.121. The highest BCUT2D eigenvalue weighted by atomic mass is 16.2. The topological polar surface area (TPSA) is 41.1 Å². The first-order valence-corrected chi connectivity index (χ1v) is 2.62. The highest BCUT2D eigenvalue weighted by Crippen LogP contribution is 1.68. The molecule has 0 saturated heterocycles. The van der Waals surface area contributed by atoms with E-state index in [-0.39, 0.29) is 12.3 Å². The highest BCUT2D eigenvalue weighted by molar-refractivity contribution is 5.75. The van der Waals surface area contributed by atoms with E-state index in [2.05, 4.69) is 17.8 Å². The number of rotatable bonds is 3. The molecular formula is C5H11N2O.